The number of benzene rings is 1. The molecule has 0 fully saturated rings. The van der Waals surface area contributed by atoms with Gasteiger partial charge in [0.2, 0.25) is 0 Å². The van der Waals surface area contributed by atoms with Crippen LogP contribution in [0.1, 0.15) is 31.9 Å². The molecule has 0 bridgehead atoms. The second-order valence-corrected chi connectivity index (χ2v) is 5.53. The summed E-state index contributed by atoms with van der Waals surface area (Å²) in [6.07, 6.45) is 0. The third-order valence-corrected chi connectivity index (χ3v) is 2.98. The lowest BCUT2D eigenvalue weighted by Crippen LogP contribution is -2.12. The minimum absolute atomic E-state index is 0.0278. The number of phenolic OH excluding ortho intramolecular Hbond substituents is 1. The first-order chi connectivity index (χ1) is 6.73. The standard InChI is InChI=1S/C11H16O3S/c1-7-5-8(11(2,3)4)6-9(10(7)12)15(13)14/h5-6,12H,1-4H3,(H,13,14)/p-1. The van der Waals surface area contributed by atoms with Gasteiger partial charge >= 0.3 is 0 Å². The normalized spacial score (nSPS) is 13.9. The van der Waals surface area contributed by atoms with Crippen LogP contribution in [-0.4, -0.2) is 13.9 Å². The average Bonchev–Trinajstić information content (AvgIpc) is 2.06. The maximum atomic E-state index is 10.9. The van der Waals surface area contributed by atoms with Crippen molar-refractivity contribution < 1.29 is 13.9 Å². The average molecular weight is 227 g/mol. The summed E-state index contributed by atoms with van der Waals surface area (Å²) in [6, 6.07) is 3.33. The van der Waals surface area contributed by atoms with Gasteiger partial charge in [0, 0.05) is 0 Å². The predicted molar refractivity (Wildman–Crippen MR) is 58.7 cm³/mol. The second-order valence-electron chi connectivity index (χ2n) is 4.62. The molecule has 0 aliphatic heterocycles. The summed E-state index contributed by atoms with van der Waals surface area (Å²) >= 11 is -2.40. The molecule has 4 heteroatoms. The minimum atomic E-state index is -2.40. The lowest BCUT2D eigenvalue weighted by atomic mass is 9.86. The fraction of sp³-hybridized carbons (Fsp3) is 0.455. The molecule has 1 rings (SSSR count). The molecule has 1 unspecified atom stereocenters. The Morgan fingerprint density at radius 1 is 1.33 bits per heavy atom. The Kier molecular flexibility index (Phi) is 3.21. The van der Waals surface area contributed by atoms with Crippen LogP contribution >= 0.6 is 0 Å². The van der Waals surface area contributed by atoms with Gasteiger partial charge in [0.1, 0.15) is 5.75 Å². The van der Waals surface area contributed by atoms with Gasteiger partial charge in [-0.1, -0.05) is 26.8 Å². The highest BCUT2D eigenvalue weighted by molar-refractivity contribution is 7.79. The number of aromatic hydroxyl groups is 1. The van der Waals surface area contributed by atoms with Gasteiger partial charge in [-0.2, -0.15) is 0 Å². The largest absolute Gasteiger partial charge is 0.768 e. The first-order valence-corrected chi connectivity index (χ1v) is 5.74. The van der Waals surface area contributed by atoms with Gasteiger partial charge in [-0.15, -0.1) is 0 Å². The van der Waals surface area contributed by atoms with Crippen molar-refractivity contribution in [1.82, 2.24) is 0 Å². The van der Waals surface area contributed by atoms with Crippen LogP contribution in [0.3, 0.4) is 0 Å². The monoisotopic (exact) mass is 227 g/mol. The molecular weight excluding hydrogens is 212 g/mol. The van der Waals surface area contributed by atoms with Crippen LogP contribution in [0, 0.1) is 6.92 Å². The van der Waals surface area contributed by atoms with Crippen molar-refractivity contribution in [3.8, 4) is 5.75 Å². The Bertz CT molecular complexity index is 405. The van der Waals surface area contributed by atoms with Crippen LogP contribution in [0.2, 0.25) is 0 Å². The van der Waals surface area contributed by atoms with E-state index in [-0.39, 0.29) is 16.1 Å². The Morgan fingerprint density at radius 2 is 1.87 bits per heavy atom. The Morgan fingerprint density at radius 3 is 2.27 bits per heavy atom. The van der Waals surface area contributed by atoms with Crippen LogP contribution in [0.4, 0.5) is 0 Å². The van der Waals surface area contributed by atoms with E-state index in [1.54, 1.807) is 6.92 Å². The van der Waals surface area contributed by atoms with E-state index in [1.807, 2.05) is 26.8 Å². The van der Waals surface area contributed by atoms with E-state index < -0.39 is 11.1 Å². The highest BCUT2D eigenvalue weighted by atomic mass is 32.2. The van der Waals surface area contributed by atoms with E-state index in [1.165, 1.54) is 6.07 Å². The molecule has 0 heterocycles. The first-order valence-electron chi connectivity index (χ1n) is 4.67. The highest BCUT2D eigenvalue weighted by Crippen LogP contribution is 2.31. The summed E-state index contributed by atoms with van der Waals surface area (Å²) in [7, 11) is 0. The summed E-state index contributed by atoms with van der Waals surface area (Å²) in [5.74, 6) is -0.156. The fourth-order valence-electron chi connectivity index (χ4n) is 1.31. The zero-order chi connectivity index (χ0) is 11.8. The number of rotatable bonds is 1. The van der Waals surface area contributed by atoms with Crippen molar-refractivity contribution in [2.45, 2.75) is 38.0 Å². The quantitative estimate of drug-likeness (QED) is 0.748. The molecule has 84 valence electrons. The Balaban J connectivity index is 3.43. The van der Waals surface area contributed by atoms with Gasteiger partial charge in [-0.05, 0) is 40.6 Å². The van der Waals surface area contributed by atoms with Gasteiger partial charge in [-0.25, -0.2) is 0 Å². The summed E-state index contributed by atoms with van der Waals surface area (Å²) in [5, 5.41) is 9.57. The number of hydrogen-bond acceptors (Lipinski definition) is 3. The third-order valence-electron chi connectivity index (χ3n) is 2.31. The van der Waals surface area contributed by atoms with E-state index in [0.29, 0.717) is 5.56 Å². The smallest absolute Gasteiger partial charge is 0.133 e. The van der Waals surface area contributed by atoms with Crippen LogP contribution in [0.15, 0.2) is 17.0 Å². The van der Waals surface area contributed by atoms with Gasteiger partial charge in [0.25, 0.3) is 0 Å². The number of aryl methyl sites for hydroxylation is 1. The van der Waals surface area contributed by atoms with Gasteiger partial charge in [-0.3, -0.25) is 4.21 Å². The van der Waals surface area contributed by atoms with Crippen LogP contribution in [-0.2, 0) is 16.5 Å². The van der Waals surface area contributed by atoms with E-state index in [2.05, 4.69) is 0 Å². The minimum Gasteiger partial charge on any atom is -0.768 e. The van der Waals surface area contributed by atoms with Crippen LogP contribution < -0.4 is 0 Å². The zero-order valence-corrected chi connectivity index (χ0v) is 10.1. The van der Waals surface area contributed by atoms with Crippen molar-refractivity contribution in [1.29, 1.82) is 0 Å². The summed E-state index contributed by atoms with van der Waals surface area (Å²) in [4.78, 5) is -0.0278. The second kappa shape index (κ2) is 3.94. The Labute approximate surface area is 92.4 Å². The summed E-state index contributed by atoms with van der Waals surface area (Å²) < 4.78 is 21.8. The van der Waals surface area contributed by atoms with Crippen molar-refractivity contribution in [2.24, 2.45) is 0 Å². The van der Waals surface area contributed by atoms with Crippen molar-refractivity contribution in [3.05, 3.63) is 23.3 Å². The van der Waals surface area contributed by atoms with E-state index in [9.17, 15) is 13.9 Å². The van der Waals surface area contributed by atoms with Crippen LogP contribution in [0.5, 0.6) is 5.75 Å². The molecule has 0 spiro atoms. The SMILES string of the molecule is Cc1cc(C(C)(C)C)cc(S(=O)[O-])c1O. The third kappa shape index (κ3) is 2.58. The molecule has 0 saturated carbocycles. The highest BCUT2D eigenvalue weighted by Gasteiger charge is 2.17. The topological polar surface area (TPSA) is 60.4 Å². The molecule has 15 heavy (non-hydrogen) atoms. The maximum Gasteiger partial charge on any atom is 0.133 e. The fourth-order valence-corrected chi connectivity index (χ4v) is 1.85. The Hall–Kier alpha value is -0.870. The maximum absolute atomic E-state index is 10.9. The molecule has 3 nitrogen and oxygen atoms in total. The predicted octanol–water partition coefficient (Wildman–Crippen LogP) is 2.24. The van der Waals surface area contributed by atoms with Gasteiger partial charge in [0.05, 0.1) is 4.90 Å². The lowest BCUT2D eigenvalue weighted by Gasteiger charge is -2.22. The van der Waals surface area contributed by atoms with E-state index in [0.717, 1.165) is 5.56 Å². The molecule has 1 atom stereocenters. The summed E-state index contributed by atoms with van der Waals surface area (Å²) in [5.41, 5.74) is 1.35. The molecule has 0 aliphatic rings. The molecule has 1 N–H and O–H groups in total. The molecule has 0 aliphatic carbocycles. The zero-order valence-electron chi connectivity index (χ0n) is 9.33. The number of hydrogen-bond donors (Lipinski definition) is 1. The molecule has 0 aromatic heterocycles. The van der Waals surface area contributed by atoms with E-state index in [4.69, 9.17) is 0 Å². The molecule has 1 aromatic rings. The first kappa shape index (κ1) is 12.2. The van der Waals surface area contributed by atoms with Gasteiger partial charge in [0.15, 0.2) is 0 Å². The molecular formula is C11H15O3S-. The van der Waals surface area contributed by atoms with Crippen molar-refractivity contribution >= 4 is 11.1 Å². The number of phenols is 1. The van der Waals surface area contributed by atoms with Crippen LogP contribution in [0.25, 0.3) is 0 Å². The molecule has 0 radical (unpaired) electrons. The van der Waals surface area contributed by atoms with Crippen molar-refractivity contribution in [2.75, 3.05) is 0 Å². The van der Waals surface area contributed by atoms with Crippen molar-refractivity contribution in [3.63, 3.8) is 0 Å². The molecule has 1 aromatic carbocycles. The van der Waals surface area contributed by atoms with Gasteiger partial charge < -0.3 is 9.66 Å². The summed E-state index contributed by atoms with van der Waals surface area (Å²) in [6.45, 7) is 7.68. The van der Waals surface area contributed by atoms with E-state index >= 15 is 0 Å². The molecule has 0 saturated heterocycles. The molecule has 0 amide bonds. The lowest BCUT2D eigenvalue weighted by molar-refractivity contribution is 0.449.